The standard InChI is InChI=1S/C11H14N4O/c1-8(7-16)15(2)10-4-3-9-11(14-10)13-6-5-12-9/h3-6,8,16H,7H2,1-2H3/t8-/m0/s1. The Morgan fingerprint density at radius 1 is 1.31 bits per heavy atom. The maximum atomic E-state index is 9.08. The van der Waals surface area contributed by atoms with Crippen LogP contribution in [0.25, 0.3) is 11.2 Å². The summed E-state index contributed by atoms with van der Waals surface area (Å²) < 4.78 is 0. The zero-order chi connectivity index (χ0) is 11.5. The van der Waals surface area contributed by atoms with Crippen molar-refractivity contribution in [2.75, 3.05) is 18.6 Å². The molecule has 5 nitrogen and oxygen atoms in total. The van der Waals surface area contributed by atoms with E-state index in [1.807, 2.05) is 31.0 Å². The SMILES string of the molecule is C[C@@H](CO)N(C)c1ccc2nccnc2n1. The molecule has 0 spiro atoms. The fraction of sp³-hybridized carbons (Fsp3) is 0.364. The molecular weight excluding hydrogens is 204 g/mol. The van der Waals surface area contributed by atoms with E-state index in [4.69, 9.17) is 5.11 Å². The highest BCUT2D eigenvalue weighted by molar-refractivity contribution is 5.71. The first kappa shape index (κ1) is 10.8. The van der Waals surface area contributed by atoms with Gasteiger partial charge in [-0.3, -0.25) is 4.98 Å². The molecule has 0 aliphatic carbocycles. The monoisotopic (exact) mass is 218 g/mol. The zero-order valence-corrected chi connectivity index (χ0v) is 9.33. The van der Waals surface area contributed by atoms with Crippen LogP contribution >= 0.6 is 0 Å². The minimum absolute atomic E-state index is 0.0293. The van der Waals surface area contributed by atoms with E-state index < -0.39 is 0 Å². The van der Waals surface area contributed by atoms with Gasteiger partial charge in [-0.25, -0.2) is 9.97 Å². The normalized spacial score (nSPS) is 12.7. The number of hydrogen-bond acceptors (Lipinski definition) is 5. The third-order valence-electron chi connectivity index (χ3n) is 2.60. The lowest BCUT2D eigenvalue weighted by Gasteiger charge is -2.24. The molecular formula is C11H14N4O. The summed E-state index contributed by atoms with van der Waals surface area (Å²) in [4.78, 5) is 14.6. The highest BCUT2D eigenvalue weighted by Gasteiger charge is 2.10. The summed E-state index contributed by atoms with van der Waals surface area (Å²) in [5.41, 5.74) is 1.40. The van der Waals surface area contributed by atoms with Crippen LogP contribution in [-0.4, -0.2) is 39.8 Å². The Hall–Kier alpha value is -1.75. The number of rotatable bonds is 3. The minimum Gasteiger partial charge on any atom is -0.394 e. The Morgan fingerprint density at radius 3 is 2.81 bits per heavy atom. The molecule has 0 saturated heterocycles. The van der Waals surface area contributed by atoms with Crippen molar-refractivity contribution < 1.29 is 5.11 Å². The van der Waals surface area contributed by atoms with E-state index in [-0.39, 0.29) is 12.6 Å². The van der Waals surface area contributed by atoms with Gasteiger partial charge in [0.15, 0.2) is 5.65 Å². The maximum Gasteiger partial charge on any atom is 0.180 e. The first-order valence-electron chi connectivity index (χ1n) is 5.14. The van der Waals surface area contributed by atoms with Gasteiger partial charge >= 0.3 is 0 Å². The molecule has 16 heavy (non-hydrogen) atoms. The van der Waals surface area contributed by atoms with E-state index in [1.165, 1.54) is 0 Å². The molecule has 1 atom stereocenters. The van der Waals surface area contributed by atoms with Gasteiger partial charge in [0.25, 0.3) is 0 Å². The molecule has 0 fully saturated rings. The van der Waals surface area contributed by atoms with Gasteiger partial charge in [0.1, 0.15) is 11.3 Å². The van der Waals surface area contributed by atoms with Crippen molar-refractivity contribution in [3.63, 3.8) is 0 Å². The lowest BCUT2D eigenvalue weighted by molar-refractivity contribution is 0.270. The summed E-state index contributed by atoms with van der Waals surface area (Å²) in [5.74, 6) is 0.787. The lowest BCUT2D eigenvalue weighted by Crippen LogP contribution is -2.32. The van der Waals surface area contributed by atoms with Crippen LogP contribution in [0.5, 0.6) is 0 Å². The van der Waals surface area contributed by atoms with Crippen LogP contribution in [0.1, 0.15) is 6.92 Å². The number of hydrogen-bond donors (Lipinski definition) is 1. The first-order chi connectivity index (χ1) is 7.72. The van der Waals surface area contributed by atoms with E-state index >= 15 is 0 Å². The quantitative estimate of drug-likeness (QED) is 0.827. The Morgan fingerprint density at radius 2 is 2.06 bits per heavy atom. The highest BCUT2D eigenvalue weighted by atomic mass is 16.3. The molecule has 0 amide bonds. The number of fused-ring (bicyclic) bond motifs is 1. The second-order valence-electron chi connectivity index (χ2n) is 3.71. The fourth-order valence-corrected chi connectivity index (χ4v) is 1.39. The van der Waals surface area contributed by atoms with Gasteiger partial charge in [0.05, 0.1) is 12.6 Å². The highest BCUT2D eigenvalue weighted by Crippen LogP contribution is 2.15. The number of likely N-dealkylation sites (N-methyl/N-ethyl adjacent to an activating group) is 1. The second-order valence-corrected chi connectivity index (χ2v) is 3.71. The maximum absolute atomic E-state index is 9.08. The minimum atomic E-state index is 0.0293. The fourth-order valence-electron chi connectivity index (χ4n) is 1.39. The van der Waals surface area contributed by atoms with Crippen LogP contribution in [0.15, 0.2) is 24.5 Å². The number of pyridine rings is 1. The molecule has 0 saturated carbocycles. The first-order valence-corrected chi connectivity index (χ1v) is 5.14. The van der Waals surface area contributed by atoms with Crippen molar-refractivity contribution in [2.24, 2.45) is 0 Å². The molecule has 0 radical (unpaired) electrons. The smallest absolute Gasteiger partial charge is 0.180 e. The van der Waals surface area contributed by atoms with Crippen molar-refractivity contribution in [3.05, 3.63) is 24.5 Å². The van der Waals surface area contributed by atoms with Crippen molar-refractivity contribution in [1.29, 1.82) is 0 Å². The Kier molecular flexibility index (Phi) is 2.96. The summed E-state index contributed by atoms with van der Waals surface area (Å²) in [7, 11) is 1.89. The summed E-state index contributed by atoms with van der Waals surface area (Å²) in [6, 6.07) is 3.79. The Bertz CT molecular complexity index is 488. The van der Waals surface area contributed by atoms with Crippen molar-refractivity contribution in [3.8, 4) is 0 Å². The molecule has 2 heterocycles. The Labute approximate surface area is 93.8 Å². The second kappa shape index (κ2) is 4.40. The van der Waals surface area contributed by atoms with Crippen molar-refractivity contribution >= 4 is 17.0 Å². The molecule has 5 heteroatoms. The van der Waals surface area contributed by atoms with E-state index in [0.717, 1.165) is 11.3 Å². The van der Waals surface area contributed by atoms with Crippen molar-refractivity contribution in [2.45, 2.75) is 13.0 Å². The molecule has 0 aliphatic rings. The van der Waals surface area contributed by atoms with Gasteiger partial charge in [-0.15, -0.1) is 0 Å². The van der Waals surface area contributed by atoms with Crippen LogP contribution in [-0.2, 0) is 0 Å². The van der Waals surface area contributed by atoms with Crippen LogP contribution in [0.2, 0.25) is 0 Å². The zero-order valence-electron chi connectivity index (χ0n) is 9.33. The molecule has 0 aliphatic heterocycles. The summed E-state index contributed by atoms with van der Waals surface area (Å²) in [6.45, 7) is 2.03. The van der Waals surface area contributed by atoms with E-state index in [0.29, 0.717) is 5.65 Å². The van der Waals surface area contributed by atoms with Gasteiger partial charge < -0.3 is 10.0 Å². The molecule has 2 aromatic rings. The molecule has 0 bridgehead atoms. The third kappa shape index (κ3) is 1.94. The van der Waals surface area contributed by atoms with Gasteiger partial charge in [0.2, 0.25) is 0 Å². The van der Waals surface area contributed by atoms with Gasteiger partial charge in [-0.05, 0) is 19.1 Å². The van der Waals surface area contributed by atoms with E-state index in [9.17, 15) is 0 Å². The summed E-state index contributed by atoms with van der Waals surface area (Å²) >= 11 is 0. The molecule has 2 rings (SSSR count). The Balaban J connectivity index is 2.39. The third-order valence-corrected chi connectivity index (χ3v) is 2.60. The summed E-state index contributed by atoms with van der Waals surface area (Å²) in [6.07, 6.45) is 3.26. The van der Waals surface area contributed by atoms with Gasteiger partial charge in [-0.1, -0.05) is 0 Å². The number of nitrogens with zero attached hydrogens (tertiary/aromatic N) is 4. The predicted octanol–water partition coefficient (Wildman–Crippen LogP) is 0.842. The number of aliphatic hydroxyl groups is 1. The van der Waals surface area contributed by atoms with E-state index in [1.54, 1.807) is 12.4 Å². The van der Waals surface area contributed by atoms with Gasteiger partial charge in [-0.2, -0.15) is 0 Å². The van der Waals surface area contributed by atoms with Crippen LogP contribution < -0.4 is 4.90 Å². The average Bonchev–Trinajstić information content (AvgIpc) is 2.36. The number of aliphatic hydroxyl groups excluding tert-OH is 1. The van der Waals surface area contributed by atoms with Crippen molar-refractivity contribution in [1.82, 2.24) is 15.0 Å². The molecule has 0 unspecified atom stereocenters. The topological polar surface area (TPSA) is 62.1 Å². The molecule has 84 valence electrons. The predicted molar refractivity (Wildman–Crippen MR) is 62.3 cm³/mol. The summed E-state index contributed by atoms with van der Waals surface area (Å²) in [5, 5.41) is 9.08. The molecule has 2 aromatic heterocycles. The van der Waals surface area contributed by atoms with E-state index in [2.05, 4.69) is 15.0 Å². The number of aromatic nitrogens is 3. The number of anilines is 1. The van der Waals surface area contributed by atoms with Gasteiger partial charge in [0, 0.05) is 19.4 Å². The molecule has 1 N–H and O–H groups in total. The van der Waals surface area contributed by atoms with Crippen LogP contribution in [0, 0.1) is 0 Å². The van der Waals surface area contributed by atoms with Crippen LogP contribution in [0.3, 0.4) is 0 Å². The largest absolute Gasteiger partial charge is 0.394 e. The molecule has 0 aromatic carbocycles. The average molecular weight is 218 g/mol. The lowest BCUT2D eigenvalue weighted by atomic mass is 10.3. The van der Waals surface area contributed by atoms with Crippen LogP contribution in [0.4, 0.5) is 5.82 Å².